The van der Waals surface area contributed by atoms with Crippen molar-refractivity contribution >= 4 is 33.2 Å². The van der Waals surface area contributed by atoms with Crippen LogP contribution in [0.1, 0.15) is 19.3 Å². The lowest BCUT2D eigenvalue weighted by molar-refractivity contribution is -0.384. The van der Waals surface area contributed by atoms with E-state index in [1.54, 1.807) is 17.8 Å². The Morgan fingerprint density at radius 1 is 1.39 bits per heavy atom. The molecule has 0 radical (unpaired) electrons. The van der Waals surface area contributed by atoms with E-state index in [4.69, 9.17) is 0 Å². The minimum Gasteiger partial charge on any atom is -0.365 e. The van der Waals surface area contributed by atoms with Crippen molar-refractivity contribution in [2.75, 3.05) is 31.3 Å². The summed E-state index contributed by atoms with van der Waals surface area (Å²) < 4.78 is 25.9. The summed E-state index contributed by atoms with van der Waals surface area (Å²) in [7, 11) is -2.42. The monoisotopic (exact) mass is 359 g/mol. The Balaban J connectivity index is 2.43. The molecule has 0 spiro atoms. The van der Waals surface area contributed by atoms with E-state index in [2.05, 4.69) is 4.72 Å². The van der Waals surface area contributed by atoms with E-state index in [1.165, 1.54) is 13.1 Å². The quantitative estimate of drug-likeness (QED) is 0.640. The normalized spacial score (nSPS) is 19.4. The van der Waals surface area contributed by atoms with Crippen LogP contribution >= 0.6 is 11.8 Å². The molecule has 0 aromatic heterocycles. The molecule has 7 nitrogen and oxygen atoms in total. The van der Waals surface area contributed by atoms with E-state index in [9.17, 15) is 18.5 Å². The van der Waals surface area contributed by atoms with Gasteiger partial charge in [0.15, 0.2) is 0 Å². The molecule has 1 fully saturated rings. The van der Waals surface area contributed by atoms with Gasteiger partial charge in [0.25, 0.3) is 5.69 Å². The van der Waals surface area contributed by atoms with E-state index in [0.29, 0.717) is 10.9 Å². The van der Waals surface area contributed by atoms with Gasteiger partial charge in [-0.3, -0.25) is 10.1 Å². The molecule has 1 aromatic rings. The van der Waals surface area contributed by atoms with Gasteiger partial charge in [-0.15, -0.1) is 0 Å². The Hall–Kier alpha value is -1.32. The molecule has 1 unspecified atom stereocenters. The van der Waals surface area contributed by atoms with Gasteiger partial charge in [-0.1, -0.05) is 6.42 Å². The van der Waals surface area contributed by atoms with E-state index in [1.807, 2.05) is 11.2 Å². The number of nitrogens with one attached hydrogen (secondary N) is 1. The molecular formula is C14H21N3O4S2. The van der Waals surface area contributed by atoms with Crippen LogP contribution in [0, 0.1) is 10.1 Å². The number of rotatable bonds is 5. The Morgan fingerprint density at radius 2 is 2.13 bits per heavy atom. The number of nitrogens with zero attached hydrogens (tertiary/aromatic N) is 2. The average molecular weight is 359 g/mol. The van der Waals surface area contributed by atoms with Gasteiger partial charge < -0.3 is 4.90 Å². The second-order valence-electron chi connectivity index (χ2n) is 5.41. The second-order valence-corrected chi connectivity index (χ2v) is 8.44. The maximum Gasteiger partial charge on any atom is 0.293 e. The van der Waals surface area contributed by atoms with Gasteiger partial charge in [-0.25, -0.2) is 13.1 Å². The third kappa shape index (κ3) is 4.15. The summed E-state index contributed by atoms with van der Waals surface area (Å²) in [5, 5.41) is 11.9. The molecular weight excluding hydrogens is 338 g/mol. The van der Waals surface area contributed by atoms with Gasteiger partial charge in [0.1, 0.15) is 5.69 Å². The number of nitro benzene ring substituents is 1. The minimum absolute atomic E-state index is 0.0910. The van der Waals surface area contributed by atoms with Crippen LogP contribution < -0.4 is 9.62 Å². The minimum atomic E-state index is -3.70. The summed E-state index contributed by atoms with van der Waals surface area (Å²) in [6.45, 7) is 1.48. The molecule has 1 saturated heterocycles. The zero-order valence-electron chi connectivity index (χ0n) is 13.2. The smallest absolute Gasteiger partial charge is 0.293 e. The number of anilines is 1. The van der Waals surface area contributed by atoms with Crippen LogP contribution in [-0.4, -0.2) is 45.0 Å². The van der Waals surface area contributed by atoms with Crippen molar-refractivity contribution in [1.82, 2.24) is 4.72 Å². The van der Waals surface area contributed by atoms with E-state index in [-0.39, 0.29) is 10.6 Å². The van der Waals surface area contributed by atoms with Crippen LogP contribution in [0.5, 0.6) is 0 Å². The standard InChI is InChI=1S/C14H21N3O4S2/c1-15-23(20,21)12-6-7-13(14(9-12)17(18)19)16-8-4-3-5-11(10-16)22-2/h6-7,9,11,15H,3-5,8,10H2,1-2H3. The highest BCUT2D eigenvalue weighted by molar-refractivity contribution is 7.99. The summed E-state index contributed by atoms with van der Waals surface area (Å²) in [4.78, 5) is 12.8. The van der Waals surface area contributed by atoms with Crippen LogP contribution in [-0.2, 0) is 10.0 Å². The molecule has 23 heavy (non-hydrogen) atoms. The predicted molar refractivity (Wildman–Crippen MR) is 92.7 cm³/mol. The van der Waals surface area contributed by atoms with Gasteiger partial charge in [0, 0.05) is 24.4 Å². The average Bonchev–Trinajstić information content (AvgIpc) is 2.79. The number of hydrogen-bond donors (Lipinski definition) is 1. The molecule has 1 aromatic carbocycles. The van der Waals surface area contributed by atoms with Gasteiger partial charge in [0.05, 0.1) is 9.82 Å². The second kappa shape index (κ2) is 7.50. The van der Waals surface area contributed by atoms with Crippen molar-refractivity contribution in [3.8, 4) is 0 Å². The van der Waals surface area contributed by atoms with Gasteiger partial charge in [0.2, 0.25) is 10.0 Å². The lowest BCUT2D eigenvalue weighted by atomic mass is 10.2. The van der Waals surface area contributed by atoms with Crippen LogP contribution in [0.4, 0.5) is 11.4 Å². The molecule has 1 aliphatic heterocycles. The summed E-state index contributed by atoms with van der Waals surface area (Å²) >= 11 is 1.77. The summed E-state index contributed by atoms with van der Waals surface area (Å²) in [5.41, 5.74) is 0.328. The van der Waals surface area contributed by atoms with Gasteiger partial charge >= 0.3 is 0 Å². The first-order valence-corrected chi connectivity index (χ1v) is 10.2. The fraction of sp³-hybridized carbons (Fsp3) is 0.571. The molecule has 128 valence electrons. The summed E-state index contributed by atoms with van der Waals surface area (Å²) in [6.07, 6.45) is 5.22. The molecule has 0 amide bonds. The number of nitro groups is 1. The SMILES string of the molecule is CNS(=O)(=O)c1ccc(N2CCCCC(SC)C2)c([N+](=O)[O-])c1. The van der Waals surface area contributed by atoms with E-state index >= 15 is 0 Å². The van der Waals surface area contributed by atoms with E-state index in [0.717, 1.165) is 38.4 Å². The highest BCUT2D eigenvalue weighted by atomic mass is 32.2. The molecule has 0 aliphatic carbocycles. The van der Waals surface area contributed by atoms with Gasteiger partial charge in [-0.2, -0.15) is 11.8 Å². The number of sulfonamides is 1. The first-order valence-electron chi connectivity index (χ1n) is 7.38. The largest absolute Gasteiger partial charge is 0.365 e. The first kappa shape index (κ1) is 18.0. The van der Waals surface area contributed by atoms with Crippen molar-refractivity contribution in [3.05, 3.63) is 28.3 Å². The molecule has 2 rings (SSSR count). The molecule has 1 atom stereocenters. The lowest BCUT2D eigenvalue weighted by Gasteiger charge is -2.25. The molecule has 0 saturated carbocycles. The molecule has 1 aliphatic rings. The number of thioether (sulfide) groups is 1. The molecule has 1 N–H and O–H groups in total. The predicted octanol–water partition coefficient (Wildman–Crippen LogP) is 2.22. The maximum absolute atomic E-state index is 11.9. The van der Waals surface area contributed by atoms with Crippen molar-refractivity contribution in [2.24, 2.45) is 0 Å². The maximum atomic E-state index is 11.9. The first-order chi connectivity index (χ1) is 10.9. The lowest BCUT2D eigenvalue weighted by Crippen LogP contribution is -2.30. The highest BCUT2D eigenvalue weighted by Gasteiger charge is 2.26. The topological polar surface area (TPSA) is 92.6 Å². The third-order valence-electron chi connectivity index (χ3n) is 4.02. The Morgan fingerprint density at radius 3 is 2.74 bits per heavy atom. The van der Waals surface area contributed by atoms with Crippen molar-refractivity contribution < 1.29 is 13.3 Å². The van der Waals surface area contributed by atoms with Crippen LogP contribution in [0.25, 0.3) is 0 Å². The van der Waals surface area contributed by atoms with Gasteiger partial charge in [-0.05, 0) is 38.3 Å². The van der Waals surface area contributed by atoms with Crippen LogP contribution in [0.2, 0.25) is 0 Å². The zero-order chi connectivity index (χ0) is 17.0. The fourth-order valence-electron chi connectivity index (χ4n) is 2.72. The number of hydrogen-bond acceptors (Lipinski definition) is 6. The van der Waals surface area contributed by atoms with Crippen molar-refractivity contribution in [3.63, 3.8) is 0 Å². The molecule has 0 bridgehead atoms. The zero-order valence-corrected chi connectivity index (χ0v) is 14.8. The van der Waals surface area contributed by atoms with Crippen LogP contribution in [0.3, 0.4) is 0 Å². The Kier molecular flexibility index (Phi) is 5.88. The Labute approximate surface area is 140 Å². The summed E-state index contributed by atoms with van der Waals surface area (Å²) in [5.74, 6) is 0. The van der Waals surface area contributed by atoms with Crippen molar-refractivity contribution in [2.45, 2.75) is 29.4 Å². The van der Waals surface area contributed by atoms with E-state index < -0.39 is 14.9 Å². The fourth-order valence-corrected chi connectivity index (χ4v) is 4.20. The summed E-state index contributed by atoms with van der Waals surface area (Å²) in [6, 6.07) is 4.11. The molecule has 9 heteroatoms. The highest BCUT2D eigenvalue weighted by Crippen LogP contribution is 2.33. The Bertz CT molecular complexity index is 679. The van der Waals surface area contributed by atoms with Crippen LogP contribution in [0.15, 0.2) is 23.1 Å². The number of benzene rings is 1. The van der Waals surface area contributed by atoms with Crippen molar-refractivity contribution in [1.29, 1.82) is 0 Å². The molecule has 1 heterocycles. The third-order valence-corrected chi connectivity index (χ3v) is 6.49.